The van der Waals surface area contributed by atoms with Crippen molar-refractivity contribution in [2.75, 3.05) is 0 Å². The third-order valence-corrected chi connectivity index (χ3v) is 17.1. The Morgan fingerprint density at radius 3 is 0.605 bits per heavy atom. The minimum Gasteiger partial charge on any atom is -0.478 e. The van der Waals surface area contributed by atoms with Crippen LogP contribution in [0.2, 0.25) is 0 Å². The van der Waals surface area contributed by atoms with Crippen LogP contribution in [0.4, 0.5) is 0 Å². The summed E-state index contributed by atoms with van der Waals surface area (Å²) in [5.74, 6) is -3.61. The van der Waals surface area contributed by atoms with E-state index in [-0.39, 0.29) is 48.8 Å². The van der Waals surface area contributed by atoms with Crippen LogP contribution in [-0.4, -0.2) is 44.3 Å². The molecule has 8 atom stereocenters. The van der Waals surface area contributed by atoms with Gasteiger partial charge in [0.05, 0.1) is 22.3 Å². The lowest BCUT2D eigenvalue weighted by Crippen LogP contribution is -2.05. The Labute approximate surface area is 466 Å². The van der Waals surface area contributed by atoms with Gasteiger partial charge in [0.2, 0.25) is 0 Å². The van der Waals surface area contributed by atoms with Crippen molar-refractivity contribution in [1.82, 2.24) is 0 Å². The first kappa shape index (κ1) is 49.0. The molecule has 12 nitrogen and oxygen atoms in total. The number of hydrogen-bond acceptors (Lipinski definition) is 8. The summed E-state index contributed by atoms with van der Waals surface area (Å²) < 4.78 is 28.0. The molecule has 0 saturated heterocycles. The van der Waals surface area contributed by atoms with E-state index in [0.717, 1.165) is 84.7 Å². The summed E-state index contributed by atoms with van der Waals surface area (Å²) in [5, 5.41) is 36.3. The predicted molar refractivity (Wildman–Crippen MR) is 289 cm³/mol. The quantitative estimate of drug-likeness (QED) is 0.131. The molecule has 0 radical (unpaired) electrons. The van der Waals surface area contributed by atoms with Gasteiger partial charge in [0.1, 0.15) is 48.8 Å². The zero-order valence-electron chi connectivity index (χ0n) is 39.0. The van der Waals surface area contributed by atoms with E-state index in [2.05, 4.69) is 100 Å². The Bertz CT molecular complexity index is 3640. The smallest absolute Gasteiger partial charge is 0.335 e. The molecule has 8 aliphatic heterocycles. The van der Waals surface area contributed by atoms with Gasteiger partial charge in [-0.15, -0.1) is 0 Å². The van der Waals surface area contributed by atoms with Gasteiger partial charge in [0, 0.05) is 17.9 Å². The average Bonchev–Trinajstić information content (AvgIpc) is 4.35. The summed E-state index contributed by atoms with van der Waals surface area (Å²) in [7, 11) is 0. The molecule has 0 spiro atoms. The van der Waals surface area contributed by atoms with Crippen molar-refractivity contribution in [2.24, 2.45) is 0 Å². The molecule has 0 unspecified atom stereocenters. The van der Waals surface area contributed by atoms with Crippen molar-refractivity contribution < 1.29 is 58.6 Å². The maximum absolute atomic E-state index is 11.1. The largest absolute Gasteiger partial charge is 0.478 e. The van der Waals surface area contributed by atoms with Gasteiger partial charge in [0.15, 0.2) is 0 Å². The Balaban J connectivity index is 0.0000000970. The molecule has 8 aromatic carbocycles. The molecule has 8 bridgehead atoms. The van der Waals surface area contributed by atoms with Gasteiger partial charge >= 0.3 is 23.9 Å². The van der Waals surface area contributed by atoms with Gasteiger partial charge in [0.25, 0.3) is 0 Å². The van der Waals surface area contributed by atoms with Crippen molar-refractivity contribution in [2.45, 2.75) is 48.8 Å². The highest BCUT2D eigenvalue weighted by Gasteiger charge is 2.46. The lowest BCUT2D eigenvalue weighted by Gasteiger charge is -2.16. The second-order valence-corrected chi connectivity index (χ2v) is 22.9. The third kappa shape index (κ3) is 7.94. The molecule has 0 aromatic heterocycles. The number of benzene rings is 8. The minimum absolute atomic E-state index is 0.0501. The molecule has 16 heteroatoms. The lowest BCUT2D eigenvalue weighted by atomic mass is 9.85. The van der Waals surface area contributed by atoms with Crippen LogP contribution in [0.1, 0.15) is 179 Å². The molecule has 4 N–H and O–H groups in total. The number of carbonyl (C=O) groups is 4. The number of carboxylic acid groups (broad SMARTS) is 4. The van der Waals surface area contributed by atoms with Crippen LogP contribution < -0.4 is 0 Å². The fourth-order valence-electron chi connectivity index (χ4n) is 11.8. The fourth-order valence-corrected chi connectivity index (χ4v) is 13.3. The van der Waals surface area contributed by atoms with Gasteiger partial charge in [-0.1, -0.05) is 112 Å². The summed E-state index contributed by atoms with van der Waals surface area (Å²) in [6.07, 6.45) is -0.731. The summed E-state index contributed by atoms with van der Waals surface area (Å²) in [5.41, 5.74) is 18.8. The van der Waals surface area contributed by atoms with Gasteiger partial charge < -0.3 is 39.4 Å². The maximum Gasteiger partial charge on any atom is 0.335 e. The van der Waals surface area contributed by atoms with Gasteiger partial charge in [-0.2, -0.15) is 0 Å². The molecule has 8 aliphatic rings. The maximum atomic E-state index is 11.1. The van der Waals surface area contributed by atoms with Crippen molar-refractivity contribution in [1.29, 1.82) is 0 Å². The average molecular weight is 1270 g/mol. The van der Waals surface area contributed by atoms with Crippen molar-refractivity contribution in [3.63, 3.8) is 0 Å². The summed E-state index contributed by atoms with van der Waals surface area (Å²) in [4.78, 5) is 44.2. The van der Waals surface area contributed by atoms with E-state index in [9.17, 15) is 19.2 Å². The Hall–Kier alpha value is -6.60. The van der Waals surface area contributed by atoms with Crippen molar-refractivity contribution in [3.8, 4) is 0 Å². The molecule has 0 fully saturated rings. The van der Waals surface area contributed by atoms with Crippen molar-refractivity contribution in [3.05, 3.63) is 275 Å². The van der Waals surface area contributed by atoms with Gasteiger partial charge in [-0.25, -0.2) is 19.2 Å². The molecule has 0 aliphatic carbocycles. The number of aromatic carboxylic acids is 4. The Kier molecular flexibility index (Phi) is 12.0. The highest BCUT2D eigenvalue weighted by molar-refractivity contribution is 9.11. The van der Waals surface area contributed by atoms with Crippen LogP contribution in [0.3, 0.4) is 0 Å². The third-order valence-electron chi connectivity index (χ3n) is 15.1. The number of fused-ring (bicyclic) bond motifs is 32. The van der Waals surface area contributed by atoms with Crippen LogP contribution in [0, 0.1) is 0 Å². The number of ether oxygens (including phenoxy) is 4. The topological polar surface area (TPSA) is 186 Å². The number of carboxylic acids is 4. The molecule has 8 aromatic rings. The van der Waals surface area contributed by atoms with E-state index < -0.39 is 23.9 Å². The normalized spacial score (nSPS) is 22.2. The van der Waals surface area contributed by atoms with E-state index in [0.29, 0.717) is 22.3 Å². The number of hydrogen-bond donors (Lipinski definition) is 4. The standard InChI is InChI=1S/4C15H9BrO3/c2*16-8-2-4-10-12(6-8)14-9-3-1-7(15(17)18)5-11(9)13(10)19-14;2*16-8-2-4-10-12(6-8)14-11-5-7(15(17)18)1-3-9(11)13(10)19-14/h4*1-6,13-14H,(H,17,18)/t2*13-,14-;2*13-,14+/m1010/s1. The molecule has 8 heterocycles. The second kappa shape index (κ2) is 18.6. The Morgan fingerprint density at radius 2 is 0.408 bits per heavy atom. The number of halogens is 4. The highest BCUT2D eigenvalue weighted by Crippen LogP contribution is 2.58. The molecular weight excluding hydrogens is 1230 g/mol. The molecular formula is C60H36Br4O12. The van der Waals surface area contributed by atoms with E-state index in [1.165, 1.54) is 22.3 Å². The molecule has 16 rings (SSSR count). The van der Waals surface area contributed by atoms with Crippen LogP contribution in [-0.2, 0) is 18.9 Å². The minimum atomic E-state index is -0.903. The Morgan fingerprint density at radius 1 is 0.250 bits per heavy atom. The lowest BCUT2D eigenvalue weighted by molar-refractivity contribution is 0.0685. The summed E-state index contributed by atoms with van der Waals surface area (Å²) in [6.45, 7) is 0. The van der Waals surface area contributed by atoms with Crippen LogP contribution >= 0.6 is 63.7 Å². The first-order valence-electron chi connectivity index (χ1n) is 23.9. The molecule has 76 heavy (non-hydrogen) atoms. The predicted octanol–water partition coefficient (Wildman–Crippen LogP) is 14.7. The number of rotatable bonds is 4. The first-order chi connectivity index (χ1) is 36.6. The zero-order valence-corrected chi connectivity index (χ0v) is 45.4. The van der Waals surface area contributed by atoms with Crippen molar-refractivity contribution >= 4 is 87.6 Å². The van der Waals surface area contributed by atoms with Crippen LogP contribution in [0.15, 0.2) is 163 Å². The van der Waals surface area contributed by atoms with E-state index >= 15 is 0 Å². The van der Waals surface area contributed by atoms with Crippen LogP contribution in [0.25, 0.3) is 0 Å². The van der Waals surface area contributed by atoms with E-state index in [1.54, 1.807) is 48.5 Å². The summed E-state index contributed by atoms with van der Waals surface area (Å²) in [6, 6.07) is 45.4. The molecule has 0 amide bonds. The van der Waals surface area contributed by atoms with E-state index in [1.807, 2.05) is 60.7 Å². The SMILES string of the molecule is O=C(O)c1ccc2c(c1)[C@@H]1O[C@H]2c2cc(Br)ccc21.O=C(O)c1ccc2c(c1)[C@@H]1O[C@H]2c2ccc(Br)cc21.O=C(O)c1ccc2c(c1)[C@H]1O[C@@H]2c2cc(Br)ccc21.O=C(O)c1ccc2c(c1)[C@H]1O[C@@H]2c2ccc(Br)cc21. The monoisotopic (exact) mass is 1260 g/mol. The van der Waals surface area contributed by atoms with Gasteiger partial charge in [-0.05, 0) is 186 Å². The zero-order chi connectivity index (χ0) is 52.6. The van der Waals surface area contributed by atoms with E-state index in [4.69, 9.17) is 39.4 Å². The molecule has 376 valence electrons. The van der Waals surface area contributed by atoms with Crippen LogP contribution in [0.5, 0.6) is 0 Å². The van der Waals surface area contributed by atoms with Gasteiger partial charge in [-0.3, -0.25) is 0 Å². The highest BCUT2D eigenvalue weighted by atomic mass is 79.9. The fraction of sp³-hybridized carbons (Fsp3) is 0.133. The molecule has 0 saturated carbocycles. The second-order valence-electron chi connectivity index (χ2n) is 19.3. The summed E-state index contributed by atoms with van der Waals surface area (Å²) >= 11 is 13.9. The first-order valence-corrected chi connectivity index (χ1v) is 27.0.